The molecule has 0 radical (unpaired) electrons. The summed E-state index contributed by atoms with van der Waals surface area (Å²) in [4.78, 5) is 20.9. The van der Waals surface area contributed by atoms with Gasteiger partial charge in [0.15, 0.2) is 0 Å². The van der Waals surface area contributed by atoms with Crippen LogP contribution in [0.15, 0.2) is 71.0 Å². The van der Waals surface area contributed by atoms with Crippen molar-refractivity contribution in [3.8, 4) is 11.3 Å². The number of nitrogens with zero attached hydrogens (tertiary/aromatic N) is 1. The first-order chi connectivity index (χ1) is 14.9. The van der Waals surface area contributed by atoms with Crippen molar-refractivity contribution in [2.75, 3.05) is 5.32 Å². The SMILES string of the molecule is CC.CCC/C(C)=C(/C)C(C(=O)Nc1cnc2[nH]c(-c3ccccc3)cc2c1)=C(C)C. The molecule has 2 heterocycles. The van der Waals surface area contributed by atoms with Crippen LogP contribution < -0.4 is 5.32 Å². The van der Waals surface area contributed by atoms with Crippen molar-refractivity contribution < 1.29 is 4.79 Å². The van der Waals surface area contributed by atoms with E-state index in [1.165, 1.54) is 5.57 Å². The van der Waals surface area contributed by atoms with Gasteiger partial charge in [0.25, 0.3) is 5.91 Å². The minimum absolute atomic E-state index is 0.0853. The zero-order valence-corrected chi connectivity index (χ0v) is 19.9. The lowest BCUT2D eigenvalue weighted by Gasteiger charge is -2.14. The van der Waals surface area contributed by atoms with Crippen LogP contribution in [0.3, 0.4) is 0 Å². The highest BCUT2D eigenvalue weighted by atomic mass is 16.1. The third kappa shape index (κ3) is 5.94. The van der Waals surface area contributed by atoms with Gasteiger partial charge in [0, 0.05) is 16.7 Å². The topological polar surface area (TPSA) is 57.8 Å². The van der Waals surface area contributed by atoms with Crippen LogP contribution in [0.25, 0.3) is 22.3 Å². The highest BCUT2D eigenvalue weighted by Gasteiger charge is 2.16. The van der Waals surface area contributed by atoms with Crippen LogP contribution in [0.2, 0.25) is 0 Å². The first-order valence-corrected chi connectivity index (χ1v) is 11.1. The Morgan fingerprint density at radius 3 is 2.32 bits per heavy atom. The minimum atomic E-state index is -0.0853. The van der Waals surface area contributed by atoms with Crippen molar-refractivity contribution in [1.82, 2.24) is 9.97 Å². The molecule has 0 atom stereocenters. The van der Waals surface area contributed by atoms with Crippen LogP contribution >= 0.6 is 0 Å². The summed E-state index contributed by atoms with van der Waals surface area (Å²) < 4.78 is 0. The molecule has 0 unspecified atom stereocenters. The van der Waals surface area contributed by atoms with Crippen LogP contribution in [0, 0.1) is 0 Å². The zero-order chi connectivity index (χ0) is 23.0. The van der Waals surface area contributed by atoms with E-state index in [0.717, 1.165) is 51.9 Å². The number of anilines is 1. The van der Waals surface area contributed by atoms with Crippen LogP contribution in [-0.2, 0) is 4.79 Å². The Bertz CT molecular complexity index is 1080. The van der Waals surface area contributed by atoms with Gasteiger partial charge < -0.3 is 10.3 Å². The number of carbonyl (C=O) groups is 1. The van der Waals surface area contributed by atoms with Crippen LogP contribution in [0.5, 0.6) is 0 Å². The van der Waals surface area contributed by atoms with Gasteiger partial charge in [-0.1, -0.05) is 68.7 Å². The molecule has 0 aliphatic rings. The molecule has 2 aromatic heterocycles. The molecule has 0 bridgehead atoms. The van der Waals surface area contributed by atoms with E-state index in [1.54, 1.807) is 6.20 Å². The number of hydrogen-bond donors (Lipinski definition) is 2. The summed E-state index contributed by atoms with van der Waals surface area (Å²) in [5.41, 5.74) is 7.70. The van der Waals surface area contributed by atoms with Gasteiger partial charge in [-0.25, -0.2) is 4.98 Å². The zero-order valence-electron chi connectivity index (χ0n) is 19.9. The Morgan fingerprint density at radius 2 is 1.71 bits per heavy atom. The van der Waals surface area contributed by atoms with Crippen molar-refractivity contribution in [2.45, 2.75) is 61.3 Å². The molecular weight excluding hydrogens is 382 g/mol. The monoisotopic (exact) mass is 417 g/mol. The summed E-state index contributed by atoms with van der Waals surface area (Å²) in [6, 6.07) is 14.2. The van der Waals surface area contributed by atoms with Gasteiger partial charge in [-0.2, -0.15) is 0 Å². The average Bonchev–Trinajstić information content (AvgIpc) is 3.19. The number of amides is 1. The second kappa shape index (κ2) is 11.3. The molecule has 164 valence electrons. The number of rotatable bonds is 6. The number of aromatic nitrogens is 2. The fourth-order valence-electron chi connectivity index (χ4n) is 3.60. The molecular formula is C27H35N3O. The number of allylic oxidation sites excluding steroid dienone is 2. The lowest BCUT2D eigenvalue weighted by atomic mass is 9.95. The third-order valence-corrected chi connectivity index (χ3v) is 5.18. The van der Waals surface area contributed by atoms with Crippen LogP contribution in [0.4, 0.5) is 5.69 Å². The van der Waals surface area contributed by atoms with Gasteiger partial charge in [0.1, 0.15) is 5.65 Å². The lowest BCUT2D eigenvalue weighted by molar-refractivity contribution is -0.112. The lowest BCUT2D eigenvalue weighted by Crippen LogP contribution is -2.17. The van der Waals surface area contributed by atoms with Crippen molar-refractivity contribution in [2.24, 2.45) is 0 Å². The smallest absolute Gasteiger partial charge is 0.255 e. The number of aromatic amines is 1. The van der Waals surface area contributed by atoms with E-state index < -0.39 is 0 Å². The maximum atomic E-state index is 13.0. The van der Waals surface area contributed by atoms with Crippen LogP contribution in [0.1, 0.15) is 61.3 Å². The van der Waals surface area contributed by atoms with Crippen molar-refractivity contribution in [1.29, 1.82) is 0 Å². The normalized spacial score (nSPS) is 11.3. The average molecular weight is 418 g/mol. The molecule has 0 aliphatic carbocycles. The molecule has 31 heavy (non-hydrogen) atoms. The molecule has 0 saturated carbocycles. The van der Waals surface area contributed by atoms with E-state index in [0.29, 0.717) is 5.69 Å². The quantitative estimate of drug-likeness (QED) is 0.319. The van der Waals surface area contributed by atoms with Gasteiger partial charge >= 0.3 is 0 Å². The Balaban J connectivity index is 0.00000166. The Labute approximate surface area is 186 Å². The standard InChI is InChI=1S/C25H29N3O.C2H6/c1-6-10-17(4)18(5)23(16(2)3)25(29)27-21-13-20-14-22(28-24(20)26-15-21)19-11-8-7-9-12-19;1-2/h7-9,11-15H,6,10H2,1-5H3,(H,26,28)(H,27,29);1-2H3/b18-17-;. The van der Waals surface area contributed by atoms with Gasteiger partial charge in [0.05, 0.1) is 11.9 Å². The van der Waals surface area contributed by atoms with E-state index in [1.807, 2.05) is 58.9 Å². The van der Waals surface area contributed by atoms with E-state index >= 15 is 0 Å². The maximum absolute atomic E-state index is 13.0. The number of H-pyrrole nitrogens is 1. The van der Waals surface area contributed by atoms with E-state index in [-0.39, 0.29) is 5.91 Å². The summed E-state index contributed by atoms with van der Waals surface area (Å²) in [6.07, 6.45) is 3.76. The van der Waals surface area contributed by atoms with Crippen molar-refractivity contribution >= 4 is 22.6 Å². The molecule has 3 aromatic rings. The van der Waals surface area contributed by atoms with Gasteiger partial charge in [-0.15, -0.1) is 0 Å². The minimum Gasteiger partial charge on any atom is -0.339 e. The Hall–Kier alpha value is -3.14. The molecule has 1 aromatic carbocycles. The highest BCUT2D eigenvalue weighted by molar-refractivity contribution is 6.08. The predicted octanol–water partition coefficient (Wildman–Crippen LogP) is 7.67. The molecule has 0 aliphatic heterocycles. The van der Waals surface area contributed by atoms with Gasteiger partial charge in [-0.05, 0) is 57.4 Å². The number of benzene rings is 1. The van der Waals surface area contributed by atoms with E-state index in [2.05, 4.69) is 47.3 Å². The number of pyridine rings is 1. The van der Waals surface area contributed by atoms with Crippen molar-refractivity contribution in [3.05, 3.63) is 71.0 Å². The fourth-order valence-corrected chi connectivity index (χ4v) is 3.60. The Morgan fingerprint density at radius 1 is 1.03 bits per heavy atom. The number of hydrogen-bond acceptors (Lipinski definition) is 2. The second-order valence-corrected chi connectivity index (χ2v) is 7.70. The second-order valence-electron chi connectivity index (χ2n) is 7.70. The summed E-state index contributed by atoms with van der Waals surface area (Å²) in [5.74, 6) is -0.0853. The van der Waals surface area contributed by atoms with Gasteiger partial charge in [-0.3, -0.25) is 4.79 Å². The maximum Gasteiger partial charge on any atom is 0.255 e. The summed E-state index contributed by atoms with van der Waals surface area (Å²) in [6.45, 7) is 14.3. The number of carbonyl (C=O) groups excluding carboxylic acids is 1. The molecule has 1 amide bonds. The summed E-state index contributed by atoms with van der Waals surface area (Å²) in [7, 11) is 0. The fraction of sp³-hybridized carbons (Fsp3) is 0.333. The highest BCUT2D eigenvalue weighted by Crippen LogP contribution is 2.26. The first-order valence-electron chi connectivity index (χ1n) is 11.1. The number of nitrogens with one attached hydrogen (secondary N) is 2. The molecule has 4 heteroatoms. The molecule has 0 spiro atoms. The van der Waals surface area contributed by atoms with Crippen molar-refractivity contribution in [3.63, 3.8) is 0 Å². The van der Waals surface area contributed by atoms with E-state index in [9.17, 15) is 4.79 Å². The predicted molar refractivity (Wildman–Crippen MR) is 133 cm³/mol. The van der Waals surface area contributed by atoms with E-state index in [4.69, 9.17) is 0 Å². The first kappa shape index (κ1) is 24.1. The molecule has 3 rings (SSSR count). The summed E-state index contributed by atoms with van der Waals surface area (Å²) >= 11 is 0. The summed E-state index contributed by atoms with van der Waals surface area (Å²) in [5, 5.41) is 4.00. The molecule has 2 N–H and O–H groups in total. The van der Waals surface area contributed by atoms with Gasteiger partial charge in [0.2, 0.25) is 0 Å². The van der Waals surface area contributed by atoms with Crippen LogP contribution in [-0.4, -0.2) is 15.9 Å². The molecule has 0 saturated heterocycles. The molecule has 0 fully saturated rings. The largest absolute Gasteiger partial charge is 0.339 e. The Kier molecular flexibility index (Phi) is 8.80. The number of fused-ring (bicyclic) bond motifs is 1. The molecule has 4 nitrogen and oxygen atoms in total. The third-order valence-electron chi connectivity index (χ3n) is 5.18.